The maximum absolute atomic E-state index is 11.6. The van der Waals surface area contributed by atoms with Gasteiger partial charge in [-0.25, -0.2) is 4.79 Å². The Hall–Kier alpha value is -2.31. The summed E-state index contributed by atoms with van der Waals surface area (Å²) in [6.07, 6.45) is 6.21. The van der Waals surface area contributed by atoms with Crippen molar-refractivity contribution < 1.29 is 23.5 Å². The van der Waals surface area contributed by atoms with Crippen LogP contribution in [0.2, 0.25) is 0 Å². The molecule has 1 saturated carbocycles. The Labute approximate surface area is 128 Å². The second-order valence-electron chi connectivity index (χ2n) is 5.33. The van der Waals surface area contributed by atoms with E-state index in [0.29, 0.717) is 18.1 Å². The highest BCUT2D eigenvalue weighted by molar-refractivity contribution is 5.95. The average Bonchev–Trinajstić information content (AvgIpc) is 3.16. The lowest BCUT2D eigenvalue weighted by atomic mass is 10.1. The van der Waals surface area contributed by atoms with Gasteiger partial charge in [-0.2, -0.15) is 0 Å². The van der Waals surface area contributed by atoms with Crippen molar-refractivity contribution in [3.05, 3.63) is 24.2 Å². The molecule has 0 unspecified atom stereocenters. The first-order valence-electron chi connectivity index (χ1n) is 7.39. The fraction of sp³-hybridized carbons (Fsp3) is 0.533. The Bertz CT molecular complexity index is 506. The quantitative estimate of drug-likeness (QED) is 0.780. The number of esters is 1. The van der Waals surface area contributed by atoms with Gasteiger partial charge in [0.25, 0.3) is 5.91 Å². The summed E-state index contributed by atoms with van der Waals surface area (Å²) in [6, 6.07) is 2.74. The molecule has 0 saturated heterocycles. The number of nitrogens with one attached hydrogen (secondary N) is 2. The van der Waals surface area contributed by atoms with E-state index in [1.165, 1.54) is 6.26 Å². The van der Waals surface area contributed by atoms with E-state index in [-0.39, 0.29) is 6.54 Å². The van der Waals surface area contributed by atoms with E-state index >= 15 is 0 Å². The summed E-state index contributed by atoms with van der Waals surface area (Å²) < 4.78 is 9.90. The summed E-state index contributed by atoms with van der Waals surface area (Å²) in [5, 5.41) is 4.54. The molecule has 1 aromatic heterocycles. The lowest BCUT2D eigenvalue weighted by Gasteiger charge is -2.09. The van der Waals surface area contributed by atoms with Crippen molar-refractivity contribution >= 4 is 17.9 Å². The molecule has 1 aromatic rings. The molecule has 1 aliphatic carbocycles. The summed E-state index contributed by atoms with van der Waals surface area (Å²) in [5.74, 6) is -0.104. The van der Waals surface area contributed by atoms with Gasteiger partial charge < -0.3 is 14.5 Å². The fourth-order valence-corrected chi connectivity index (χ4v) is 2.44. The van der Waals surface area contributed by atoms with E-state index in [1.54, 1.807) is 12.1 Å². The number of amides is 3. The zero-order valence-electron chi connectivity index (χ0n) is 12.3. The molecule has 1 fully saturated rings. The SMILES string of the molecule is O=C(COC(=O)CC1CCCC1)NC(=O)NCc1ccco1. The van der Waals surface area contributed by atoms with Crippen molar-refractivity contribution in [1.29, 1.82) is 0 Å². The molecule has 0 aromatic carbocycles. The minimum atomic E-state index is -0.659. The summed E-state index contributed by atoms with van der Waals surface area (Å²) >= 11 is 0. The van der Waals surface area contributed by atoms with Crippen LogP contribution in [0.4, 0.5) is 4.79 Å². The Morgan fingerprint density at radius 1 is 1.27 bits per heavy atom. The molecule has 0 radical (unpaired) electrons. The van der Waals surface area contributed by atoms with Crippen LogP contribution in [0.5, 0.6) is 0 Å². The number of carbonyl (C=O) groups is 3. The van der Waals surface area contributed by atoms with E-state index in [2.05, 4.69) is 10.6 Å². The second-order valence-corrected chi connectivity index (χ2v) is 5.33. The standard InChI is InChI=1S/C15H20N2O5/c18-13(10-22-14(19)8-11-4-1-2-5-11)17-15(20)16-9-12-6-3-7-21-12/h3,6-7,11H,1-2,4-5,8-10H2,(H2,16,17,18,20). The first kappa shape index (κ1) is 16.1. The molecule has 0 spiro atoms. The monoisotopic (exact) mass is 308 g/mol. The molecular formula is C15H20N2O5. The summed E-state index contributed by atoms with van der Waals surface area (Å²) in [7, 11) is 0. The Morgan fingerprint density at radius 3 is 2.73 bits per heavy atom. The Morgan fingerprint density at radius 2 is 2.05 bits per heavy atom. The number of ether oxygens (including phenoxy) is 1. The molecule has 2 N–H and O–H groups in total. The summed E-state index contributed by atoms with van der Waals surface area (Å²) in [6.45, 7) is -0.271. The number of imide groups is 1. The number of hydrogen-bond donors (Lipinski definition) is 2. The van der Waals surface area contributed by atoms with E-state index in [1.807, 2.05) is 0 Å². The highest BCUT2D eigenvalue weighted by Gasteiger charge is 2.20. The van der Waals surface area contributed by atoms with Crippen LogP contribution in [-0.2, 0) is 20.9 Å². The van der Waals surface area contributed by atoms with Crippen molar-refractivity contribution in [3.63, 3.8) is 0 Å². The van der Waals surface area contributed by atoms with Gasteiger partial charge in [-0.15, -0.1) is 0 Å². The van der Waals surface area contributed by atoms with Crippen molar-refractivity contribution in [2.75, 3.05) is 6.61 Å². The van der Waals surface area contributed by atoms with Crippen LogP contribution < -0.4 is 10.6 Å². The molecule has 7 nitrogen and oxygen atoms in total. The topological polar surface area (TPSA) is 97.6 Å². The number of carbonyl (C=O) groups excluding carboxylic acids is 3. The molecule has 2 rings (SSSR count). The average molecular weight is 308 g/mol. The lowest BCUT2D eigenvalue weighted by molar-refractivity contribution is -0.149. The third-order valence-corrected chi connectivity index (χ3v) is 3.55. The van der Waals surface area contributed by atoms with Gasteiger partial charge in [0.05, 0.1) is 12.8 Å². The summed E-state index contributed by atoms with van der Waals surface area (Å²) in [4.78, 5) is 34.5. The molecule has 3 amide bonds. The van der Waals surface area contributed by atoms with E-state index in [4.69, 9.17) is 9.15 Å². The van der Waals surface area contributed by atoms with Gasteiger partial charge in [0.1, 0.15) is 5.76 Å². The second kappa shape index (κ2) is 8.21. The fourth-order valence-electron chi connectivity index (χ4n) is 2.44. The number of urea groups is 1. The Kier molecular flexibility index (Phi) is 6.00. The number of rotatable bonds is 6. The Balaban J connectivity index is 1.58. The zero-order valence-corrected chi connectivity index (χ0v) is 12.3. The van der Waals surface area contributed by atoms with Crippen LogP contribution in [0.15, 0.2) is 22.8 Å². The van der Waals surface area contributed by atoms with Gasteiger partial charge >= 0.3 is 12.0 Å². The van der Waals surface area contributed by atoms with Crippen LogP contribution in [0.25, 0.3) is 0 Å². The maximum Gasteiger partial charge on any atom is 0.321 e. The normalized spacial score (nSPS) is 14.5. The van der Waals surface area contributed by atoms with Gasteiger partial charge in [0.15, 0.2) is 6.61 Å². The van der Waals surface area contributed by atoms with Gasteiger partial charge in [-0.1, -0.05) is 12.8 Å². The van der Waals surface area contributed by atoms with Gasteiger partial charge in [0.2, 0.25) is 0 Å². The van der Waals surface area contributed by atoms with Crippen LogP contribution in [0, 0.1) is 5.92 Å². The van der Waals surface area contributed by atoms with Gasteiger partial charge in [0, 0.05) is 6.42 Å². The smallest absolute Gasteiger partial charge is 0.321 e. The third kappa shape index (κ3) is 5.59. The first-order chi connectivity index (χ1) is 10.6. The molecule has 0 atom stereocenters. The van der Waals surface area contributed by atoms with Gasteiger partial charge in [-0.05, 0) is 30.9 Å². The minimum Gasteiger partial charge on any atom is -0.467 e. The summed E-state index contributed by atoms with van der Waals surface area (Å²) in [5.41, 5.74) is 0. The zero-order chi connectivity index (χ0) is 15.8. The number of furan rings is 1. The minimum absolute atomic E-state index is 0.174. The van der Waals surface area contributed by atoms with Crippen LogP contribution in [0.1, 0.15) is 37.9 Å². The molecule has 1 aliphatic rings. The number of hydrogen-bond acceptors (Lipinski definition) is 5. The van der Waals surface area contributed by atoms with Crippen LogP contribution in [-0.4, -0.2) is 24.5 Å². The highest BCUT2D eigenvalue weighted by atomic mass is 16.5. The van der Waals surface area contributed by atoms with E-state index < -0.39 is 24.5 Å². The lowest BCUT2D eigenvalue weighted by Crippen LogP contribution is -2.41. The van der Waals surface area contributed by atoms with Crippen molar-refractivity contribution in [3.8, 4) is 0 Å². The molecular weight excluding hydrogens is 288 g/mol. The van der Waals surface area contributed by atoms with Crippen molar-refractivity contribution in [1.82, 2.24) is 10.6 Å². The molecule has 120 valence electrons. The largest absolute Gasteiger partial charge is 0.467 e. The molecule has 1 heterocycles. The molecule has 0 bridgehead atoms. The predicted octanol–water partition coefficient (Wildman–Crippen LogP) is 1.73. The molecule has 0 aliphatic heterocycles. The highest BCUT2D eigenvalue weighted by Crippen LogP contribution is 2.27. The van der Waals surface area contributed by atoms with Crippen LogP contribution >= 0.6 is 0 Å². The van der Waals surface area contributed by atoms with Crippen molar-refractivity contribution in [2.45, 2.75) is 38.6 Å². The van der Waals surface area contributed by atoms with E-state index in [0.717, 1.165) is 25.7 Å². The van der Waals surface area contributed by atoms with Crippen LogP contribution in [0.3, 0.4) is 0 Å². The molecule has 22 heavy (non-hydrogen) atoms. The first-order valence-corrected chi connectivity index (χ1v) is 7.39. The third-order valence-electron chi connectivity index (χ3n) is 3.55. The van der Waals surface area contributed by atoms with Crippen molar-refractivity contribution in [2.24, 2.45) is 5.92 Å². The molecule has 7 heteroatoms. The van der Waals surface area contributed by atoms with E-state index in [9.17, 15) is 14.4 Å². The van der Waals surface area contributed by atoms with Gasteiger partial charge in [-0.3, -0.25) is 14.9 Å². The maximum atomic E-state index is 11.6. The predicted molar refractivity (Wildman–Crippen MR) is 76.6 cm³/mol.